The van der Waals surface area contributed by atoms with Gasteiger partial charge in [-0.3, -0.25) is 0 Å². The van der Waals surface area contributed by atoms with Gasteiger partial charge in [0.1, 0.15) is 12.1 Å². The second-order valence-electron chi connectivity index (χ2n) is 8.46. The highest BCUT2D eigenvalue weighted by Gasteiger charge is 2.44. The number of fused-ring (bicyclic) bond motifs is 2. The molecule has 210 valence electrons. The van der Waals surface area contributed by atoms with E-state index in [1.807, 2.05) is 0 Å². The van der Waals surface area contributed by atoms with Crippen molar-refractivity contribution in [2.75, 3.05) is 0 Å². The minimum atomic E-state index is -1.67. The van der Waals surface area contributed by atoms with Crippen LogP contribution in [0.4, 0.5) is 17.6 Å². The lowest BCUT2D eigenvalue weighted by Crippen LogP contribution is -2.06. The van der Waals surface area contributed by atoms with Crippen LogP contribution >= 0.6 is 0 Å². The number of nitrogens with zero attached hydrogens (tertiary/aromatic N) is 14. The molecule has 2 aliphatic rings. The van der Waals surface area contributed by atoms with Crippen LogP contribution in [0.25, 0.3) is 48.1 Å². The second-order valence-corrected chi connectivity index (χ2v) is 8.46. The normalized spacial score (nSPS) is 14.7. The molecule has 2 aliphatic carbocycles. The van der Waals surface area contributed by atoms with Crippen molar-refractivity contribution in [2.24, 2.45) is 0 Å². The van der Waals surface area contributed by atoms with Crippen molar-refractivity contribution in [1.82, 2.24) is 29.9 Å². The Morgan fingerprint density at radius 1 is 0.543 bits per heavy atom. The van der Waals surface area contributed by atoms with Crippen molar-refractivity contribution in [3.05, 3.63) is 115 Å². The summed E-state index contributed by atoms with van der Waals surface area (Å²) in [4.78, 5) is 28.5. The van der Waals surface area contributed by atoms with Crippen LogP contribution < -0.4 is 0 Å². The Morgan fingerprint density at radius 3 is 1.35 bits per heavy atom. The highest BCUT2D eigenvalue weighted by Crippen LogP contribution is 2.57. The van der Waals surface area contributed by atoms with E-state index in [1.165, 1.54) is 12.1 Å². The van der Waals surface area contributed by atoms with Gasteiger partial charge in [0, 0.05) is 39.0 Å². The average molecular weight is 608 g/mol. The summed E-state index contributed by atoms with van der Waals surface area (Å²) in [5.74, 6) is -1.82. The maximum atomic E-state index is 14.2. The van der Waals surface area contributed by atoms with Gasteiger partial charge in [-0.15, -0.1) is 0 Å². The molecule has 0 N–H and O–H groups in total. The summed E-state index contributed by atoms with van der Waals surface area (Å²) < 4.78 is 56.7. The number of nitriles is 5. The summed E-state index contributed by atoms with van der Waals surface area (Å²) in [6.45, 7) is 23.0. The van der Waals surface area contributed by atoms with Gasteiger partial charge in [-0.05, 0) is 5.56 Å². The van der Waals surface area contributed by atoms with Gasteiger partial charge in [-0.25, -0.2) is 25.1 Å². The highest BCUT2D eigenvalue weighted by atomic mass is 19.2. The molecule has 1 aromatic carbocycles. The smallest absolute Gasteiger partial charge is 0.237 e. The van der Waals surface area contributed by atoms with E-state index in [4.69, 9.17) is 19.7 Å². The first-order chi connectivity index (χ1) is 22.1. The molecule has 2 aromatic heterocycles. The maximum absolute atomic E-state index is 14.2. The third-order valence-corrected chi connectivity index (χ3v) is 6.44. The fraction of sp³-hybridized carbons (Fsp3) is 0. The van der Waals surface area contributed by atoms with E-state index in [0.29, 0.717) is 0 Å². The average Bonchev–Trinajstić information content (AvgIpc) is 3.54. The summed E-state index contributed by atoms with van der Waals surface area (Å²) in [5, 5.41) is 50.9. The third-order valence-electron chi connectivity index (χ3n) is 6.44. The molecule has 0 radical (unpaired) electrons. The predicted molar refractivity (Wildman–Crippen MR) is 139 cm³/mol. The molecule has 0 aliphatic heterocycles. The summed E-state index contributed by atoms with van der Waals surface area (Å²) >= 11 is 0. The number of rotatable bonds is 2. The lowest BCUT2D eigenvalue weighted by atomic mass is 9.84. The Kier molecular flexibility index (Phi) is 6.96. The minimum absolute atomic E-state index is 0.515. The predicted octanol–water partition coefficient (Wildman–Crippen LogP) is 3.91. The number of aromatic nitrogens is 6. The molecule has 14 nitrogen and oxygen atoms in total. The van der Waals surface area contributed by atoms with Crippen LogP contribution in [0.3, 0.4) is 0 Å². The number of hydrogen-bond acceptors (Lipinski definition) is 11. The van der Waals surface area contributed by atoms with Crippen molar-refractivity contribution in [3.8, 4) is 30.3 Å². The monoisotopic (exact) mass is 608 g/mol. The van der Waals surface area contributed by atoms with Gasteiger partial charge >= 0.3 is 24.3 Å². The van der Waals surface area contributed by atoms with Gasteiger partial charge in [0.2, 0.25) is 5.70 Å². The van der Waals surface area contributed by atoms with E-state index >= 15 is 0 Å². The van der Waals surface area contributed by atoms with Gasteiger partial charge in [0.05, 0.1) is 54.6 Å². The first-order valence-corrected chi connectivity index (χ1v) is 11.6. The first-order valence-electron chi connectivity index (χ1n) is 11.6. The molecule has 0 saturated carbocycles. The van der Waals surface area contributed by atoms with Crippen LogP contribution in [0.1, 0.15) is 45.0 Å². The molecule has 0 unspecified atom stereocenters. The minimum Gasteiger partial charge on any atom is -0.237 e. The van der Waals surface area contributed by atoms with Crippen LogP contribution in [0.5, 0.6) is 0 Å². The first kappa shape index (κ1) is 29.3. The fourth-order valence-electron chi connectivity index (χ4n) is 4.99. The molecule has 0 spiro atoms. The third kappa shape index (κ3) is 4.03. The highest BCUT2D eigenvalue weighted by molar-refractivity contribution is 6.30. The van der Waals surface area contributed by atoms with Gasteiger partial charge in [-0.2, -0.15) is 63.3 Å². The topological polar surface area (TPSA) is 209 Å². The van der Waals surface area contributed by atoms with Crippen molar-refractivity contribution >= 4 is 33.6 Å². The Balaban J connectivity index is 2.14. The zero-order chi connectivity index (χ0) is 33.4. The molecule has 5 rings (SSSR count). The van der Waals surface area contributed by atoms with Gasteiger partial charge in [0.25, 0.3) is 11.4 Å². The Labute approximate surface area is 252 Å². The molecule has 0 saturated heterocycles. The standard InChI is InChI=1S/C28F4N14/c1-38-12(7-36)19-15-11(6-35)16-17(9(4-33)14(15)10(5-34)18(19)23-41-25(29)45-26(30)42-23)22(40-3)21(20(16)13(8-37)39-2)24-43-27(31)46-28(32)44-24/b19-12+,20-13-. The fourth-order valence-corrected chi connectivity index (χ4v) is 4.99. The maximum Gasteiger partial charge on any atom is 0.314 e. The molecule has 0 fully saturated rings. The van der Waals surface area contributed by atoms with Crippen LogP contribution in [0.2, 0.25) is 0 Å². The number of halogens is 4. The van der Waals surface area contributed by atoms with Gasteiger partial charge < -0.3 is 0 Å². The molecule has 0 amide bonds. The molecular weight excluding hydrogens is 608 g/mol. The molecule has 2 heterocycles. The quantitative estimate of drug-likeness (QED) is 0.231. The number of allylic oxidation sites excluding steroid dienone is 7. The van der Waals surface area contributed by atoms with Gasteiger partial charge in [-0.1, -0.05) is 0 Å². The Morgan fingerprint density at radius 2 is 0.957 bits per heavy atom. The zero-order valence-electron chi connectivity index (χ0n) is 21.8. The van der Waals surface area contributed by atoms with Crippen LogP contribution in [0, 0.1) is 101 Å². The van der Waals surface area contributed by atoms with E-state index in [0.717, 1.165) is 0 Å². The number of benzene rings is 1. The Bertz CT molecular complexity index is 2270. The molecule has 18 heteroatoms. The van der Waals surface area contributed by atoms with Crippen molar-refractivity contribution in [3.63, 3.8) is 0 Å². The van der Waals surface area contributed by atoms with E-state index in [-0.39, 0.29) is 0 Å². The SMILES string of the molecule is [C-]#[N+]C1=C(c2nc(F)nc(F)n2)/C(=C(/C#N)[N+]#[C-])c2c(C#N)c3c(c(C#N)c21)C(C#N)=C(c1nc(F)nc(F)n1)/C3=C(\C#N)[N+]#[C-]. The summed E-state index contributed by atoms with van der Waals surface area (Å²) in [5.41, 5.74) is -9.10. The van der Waals surface area contributed by atoms with Crippen molar-refractivity contribution in [2.45, 2.75) is 0 Å². The molecule has 0 atom stereocenters. The summed E-state index contributed by atoms with van der Waals surface area (Å²) in [7, 11) is 0. The molecular formula is C28F4N14. The van der Waals surface area contributed by atoms with Crippen molar-refractivity contribution < 1.29 is 17.6 Å². The van der Waals surface area contributed by atoms with E-state index in [9.17, 15) is 43.9 Å². The van der Waals surface area contributed by atoms with Crippen LogP contribution in [0.15, 0.2) is 11.4 Å². The zero-order valence-corrected chi connectivity index (χ0v) is 21.8. The summed E-state index contributed by atoms with van der Waals surface area (Å²) in [6, 6.07) is 8.27. The van der Waals surface area contributed by atoms with E-state index < -0.39 is 114 Å². The molecule has 3 aromatic rings. The lowest BCUT2D eigenvalue weighted by molar-refractivity contribution is 0.451. The van der Waals surface area contributed by atoms with Gasteiger partial charge in [0.15, 0.2) is 11.6 Å². The summed E-state index contributed by atoms with van der Waals surface area (Å²) in [6.07, 6.45) is -6.69. The Hall–Kier alpha value is -8.16. The van der Waals surface area contributed by atoms with Crippen LogP contribution in [-0.4, -0.2) is 29.9 Å². The van der Waals surface area contributed by atoms with E-state index in [2.05, 4.69) is 44.4 Å². The second kappa shape index (κ2) is 10.9. The molecule has 46 heavy (non-hydrogen) atoms. The van der Waals surface area contributed by atoms with E-state index in [1.54, 1.807) is 18.2 Å². The largest absolute Gasteiger partial charge is 0.314 e. The van der Waals surface area contributed by atoms with Crippen LogP contribution in [-0.2, 0) is 0 Å². The number of hydrogen-bond donors (Lipinski definition) is 0. The molecule has 0 bridgehead atoms. The lowest BCUT2D eigenvalue weighted by Gasteiger charge is -2.16. The van der Waals surface area contributed by atoms with Crippen molar-refractivity contribution in [1.29, 1.82) is 26.3 Å².